The van der Waals surface area contributed by atoms with Crippen molar-refractivity contribution in [2.45, 2.75) is 129 Å². The molecule has 1 aliphatic carbocycles. The van der Waals surface area contributed by atoms with Crippen molar-refractivity contribution in [2.75, 3.05) is 6.61 Å². The zero-order chi connectivity index (χ0) is 22.6. The van der Waals surface area contributed by atoms with Gasteiger partial charge in [-0.25, -0.2) is 0 Å². The van der Waals surface area contributed by atoms with E-state index in [1.165, 1.54) is 83.5 Å². The van der Waals surface area contributed by atoms with Crippen molar-refractivity contribution in [3.63, 3.8) is 0 Å². The van der Waals surface area contributed by atoms with E-state index in [1.807, 2.05) is 0 Å². The van der Waals surface area contributed by atoms with Gasteiger partial charge in [0.1, 0.15) is 0 Å². The molecule has 0 aliphatic heterocycles. The molecule has 1 rings (SSSR count). The summed E-state index contributed by atoms with van der Waals surface area (Å²) in [6.07, 6.45) is 26.5. The summed E-state index contributed by atoms with van der Waals surface area (Å²) < 4.78 is 5.35. The number of hydrogen-bond acceptors (Lipinski definition) is 4. The minimum Gasteiger partial charge on any atom is -0.550 e. The molecule has 4 nitrogen and oxygen atoms in total. The fourth-order valence-electron chi connectivity index (χ4n) is 4.50. The molecule has 5 heteroatoms. The number of carboxylic acids is 1. The Morgan fingerprint density at radius 3 is 1.75 bits per heavy atom. The molecule has 0 N–H and O–H groups in total. The number of carbonyl (C=O) groups excluding carboxylic acids is 2. The van der Waals surface area contributed by atoms with Crippen LogP contribution in [0, 0.1) is 11.8 Å². The number of unbranched alkanes of at least 4 members (excludes halogenated alkanes) is 13. The topological polar surface area (TPSA) is 66.4 Å². The number of carboxylic acid groups (broad SMARTS) is 1. The number of carbonyl (C=O) groups is 2. The van der Waals surface area contributed by atoms with E-state index in [0.29, 0.717) is 19.4 Å². The van der Waals surface area contributed by atoms with Gasteiger partial charge >= 0.3 is 35.5 Å². The molecule has 0 aromatic heterocycles. The molecule has 0 amide bonds. The molecule has 0 aromatic rings. The summed E-state index contributed by atoms with van der Waals surface area (Å²) in [5, 5.41) is 11.2. The van der Waals surface area contributed by atoms with Gasteiger partial charge in [-0.3, -0.25) is 4.79 Å². The summed E-state index contributed by atoms with van der Waals surface area (Å²) in [6, 6.07) is 0. The van der Waals surface area contributed by atoms with Gasteiger partial charge in [-0.2, -0.15) is 0 Å². The van der Waals surface area contributed by atoms with Crippen LogP contribution in [0.2, 0.25) is 0 Å². The minimum atomic E-state index is -1.10. The van der Waals surface area contributed by atoms with Gasteiger partial charge in [-0.05, 0) is 44.9 Å². The average Bonchev–Trinajstić information content (AvgIpc) is 2.78. The molecular weight excluding hydrogens is 411 g/mol. The number of esters is 1. The fraction of sp³-hybridized carbons (Fsp3) is 0.852. The molecule has 0 aromatic carbocycles. The van der Waals surface area contributed by atoms with Crippen LogP contribution in [0.5, 0.6) is 0 Å². The standard InChI is InChI=1S/C27H48O4.Na/c1-2-3-4-5-6-7-8-9-10-11-12-13-14-15-16-17-20-23-31-27(30)25-22-19-18-21-24(25)26(28)29;/h10-11,24-25H,2-9,12-23H2,1H3,(H,28,29);/q;+1/p-1/b11-10+;. The maximum absolute atomic E-state index is 12.2. The SMILES string of the molecule is CCCCCCCCC/C=C/CCCCCCCCOC(=O)C1CCCCC1C(=O)[O-].[Na+]. The zero-order valence-corrected chi connectivity index (χ0v) is 23.1. The molecular formula is C27H47NaO4. The molecule has 1 fully saturated rings. The normalized spacial score (nSPS) is 18.4. The second kappa shape index (κ2) is 22.5. The van der Waals surface area contributed by atoms with Crippen LogP contribution in [0.25, 0.3) is 0 Å². The monoisotopic (exact) mass is 458 g/mol. The second-order valence-corrected chi connectivity index (χ2v) is 9.28. The van der Waals surface area contributed by atoms with E-state index in [2.05, 4.69) is 19.1 Å². The molecule has 2 unspecified atom stereocenters. The van der Waals surface area contributed by atoms with Crippen LogP contribution < -0.4 is 34.7 Å². The predicted octanol–water partition coefficient (Wildman–Crippen LogP) is 3.52. The number of allylic oxidation sites excluding steroid dienone is 2. The molecule has 0 spiro atoms. The fourth-order valence-corrected chi connectivity index (χ4v) is 4.50. The van der Waals surface area contributed by atoms with Crippen molar-refractivity contribution in [1.29, 1.82) is 0 Å². The van der Waals surface area contributed by atoms with Crippen molar-refractivity contribution in [2.24, 2.45) is 11.8 Å². The molecule has 0 bridgehead atoms. The number of aliphatic carboxylic acids is 1. The molecule has 0 saturated heterocycles. The van der Waals surface area contributed by atoms with E-state index < -0.39 is 17.8 Å². The van der Waals surface area contributed by atoms with E-state index >= 15 is 0 Å². The average molecular weight is 459 g/mol. The Bertz CT molecular complexity index is 492. The minimum absolute atomic E-state index is 0. The first-order valence-corrected chi connectivity index (χ1v) is 13.2. The third kappa shape index (κ3) is 16.3. The van der Waals surface area contributed by atoms with E-state index in [1.54, 1.807) is 0 Å². The van der Waals surface area contributed by atoms with Crippen LogP contribution in [0.3, 0.4) is 0 Å². The Balaban J connectivity index is 0.00000961. The number of hydrogen-bond donors (Lipinski definition) is 0. The smallest absolute Gasteiger partial charge is 0.550 e. The first-order chi connectivity index (χ1) is 15.2. The van der Waals surface area contributed by atoms with Crippen LogP contribution >= 0.6 is 0 Å². The molecule has 32 heavy (non-hydrogen) atoms. The van der Waals surface area contributed by atoms with E-state index in [0.717, 1.165) is 25.7 Å². The van der Waals surface area contributed by atoms with Gasteiger partial charge in [-0.1, -0.05) is 96.1 Å². The summed E-state index contributed by atoms with van der Waals surface area (Å²) in [6.45, 7) is 2.68. The Hall–Kier alpha value is -0.320. The van der Waals surface area contributed by atoms with Gasteiger partial charge in [0.15, 0.2) is 0 Å². The van der Waals surface area contributed by atoms with Crippen molar-refractivity contribution >= 4 is 11.9 Å². The van der Waals surface area contributed by atoms with Crippen LogP contribution in [-0.4, -0.2) is 18.5 Å². The maximum Gasteiger partial charge on any atom is 1.00 e. The molecule has 2 atom stereocenters. The van der Waals surface area contributed by atoms with Crippen molar-refractivity contribution < 1.29 is 49.0 Å². The number of rotatable bonds is 19. The summed E-state index contributed by atoms with van der Waals surface area (Å²) in [5.74, 6) is -2.60. The number of ether oxygens (including phenoxy) is 1. The van der Waals surface area contributed by atoms with Crippen LogP contribution in [-0.2, 0) is 14.3 Å². The summed E-state index contributed by atoms with van der Waals surface area (Å²) in [7, 11) is 0. The predicted molar refractivity (Wildman–Crippen MR) is 125 cm³/mol. The second-order valence-electron chi connectivity index (χ2n) is 9.28. The summed E-state index contributed by atoms with van der Waals surface area (Å²) in [4.78, 5) is 23.4. The van der Waals surface area contributed by atoms with Crippen molar-refractivity contribution in [3.8, 4) is 0 Å². The molecule has 1 saturated carbocycles. The third-order valence-corrected chi connectivity index (χ3v) is 6.52. The Kier molecular flexibility index (Phi) is 22.2. The Morgan fingerprint density at radius 2 is 1.22 bits per heavy atom. The maximum atomic E-state index is 12.2. The summed E-state index contributed by atoms with van der Waals surface area (Å²) >= 11 is 0. The Morgan fingerprint density at radius 1 is 0.750 bits per heavy atom. The summed E-state index contributed by atoms with van der Waals surface area (Å²) in [5.41, 5.74) is 0. The van der Waals surface area contributed by atoms with Crippen LogP contribution in [0.15, 0.2) is 12.2 Å². The molecule has 0 heterocycles. The molecule has 1 aliphatic rings. The largest absolute Gasteiger partial charge is 1.00 e. The Labute approximate surface area is 219 Å². The van der Waals surface area contributed by atoms with Gasteiger partial charge in [-0.15, -0.1) is 0 Å². The van der Waals surface area contributed by atoms with Gasteiger partial charge in [0, 0.05) is 11.9 Å². The van der Waals surface area contributed by atoms with Crippen molar-refractivity contribution in [1.82, 2.24) is 0 Å². The molecule has 180 valence electrons. The quantitative estimate of drug-likeness (QED) is 0.129. The van der Waals surface area contributed by atoms with Gasteiger partial charge in [0.2, 0.25) is 0 Å². The van der Waals surface area contributed by atoms with Gasteiger partial charge < -0.3 is 14.6 Å². The van der Waals surface area contributed by atoms with E-state index in [4.69, 9.17) is 4.74 Å². The first-order valence-electron chi connectivity index (χ1n) is 13.2. The molecule has 0 radical (unpaired) electrons. The van der Waals surface area contributed by atoms with Gasteiger partial charge in [0.25, 0.3) is 0 Å². The zero-order valence-electron chi connectivity index (χ0n) is 21.1. The van der Waals surface area contributed by atoms with Gasteiger partial charge in [0.05, 0.1) is 12.5 Å². The van der Waals surface area contributed by atoms with Crippen molar-refractivity contribution in [3.05, 3.63) is 12.2 Å². The third-order valence-electron chi connectivity index (χ3n) is 6.52. The van der Waals surface area contributed by atoms with Crippen LogP contribution in [0.4, 0.5) is 0 Å². The van der Waals surface area contributed by atoms with E-state index in [9.17, 15) is 14.7 Å². The van der Waals surface area contributed by atoms with E-state index in [-0.39, 0.29) is 35.5 Å². The van der Waals surface area contributed by atoms with Crippen LogP contribution in [0.1, 0.15) is 129 Å². The first kappa shape index (κ1) is 31.7.